The van der Waals surface area contributed by atoms with E-state index in [9.17, 15) is 0 Å². The summed E-state index contributed by atoms with van der Waals surface area (Å²) in [5, 5.41) is 3.43. The molecule has 2 aromatic carbocycles. The standard InChI is InChI=1S/C16H16BrNO2/c17-14-4-1-12(2-5-14)10-18-11-13-3-6-15-16(9-13)20-8-7-19-15/h1-6,9,18H,7-8,10-11H2. The summed E-state index contributed by atoms with van der Waals surface area (Å²) in [5.74, 6) is 1.69. The monoisotopic (exact) mass is 333 g/mol. The predicted molar refractivity (Wildman–Crippen MR) is 82.1 cm³/mol. The van der Waals surface area contributed by atoms with Crippen molar-refractivity contribution in [3.63, 3.8) is 0 Å². The van der Waals surface area contributed by atoms with Crippen LogP contribution in [0.4, 0.5) is 0 Å². The molecule has 0 bridgehead atoms. The first-order valence-corrected chi connectivity index (χ1v) is 7.44. The third kappa shape index (κ3) is 3.32. The minimum Gasteiger partial charge on any atom is -0.486 e. The Bertz CT molecular complexity index is 584. The van der Waals surface area contributed by atoms with Crippen LogP contribution in [0.3, 0.4) is 0 Å². The minimum atomic E-state index is 0.628. The largest absolute Gasteiger partial charge is 0.486 e. The van der Waals surface area contributed by atoms with Crippen molar-refractivity contribution >= 4 is 15.9 Å². The Morgan fingerprint density at radius 2 is 1.50 bits per heavy atom. The lowest BCUT2D eigenvalue weighted by Crippen LogP contribution is -2.16. The second kappa shape index (κ2) is 6.29. The highest BCUT2D eigenvalue weighted by atomic mass is 79.9. The SMILES string of the molecule is Brc1ccc(CNCc2ccc3c(c2)OCCO3)cc1. The highest BCUT2D eigenvalue weighted by Crippen LogP contribution is 2.30. The summed E-state index contributed by atoms with van der Waals surface area (Å²) in [6, 6.07) is 14.4. The van der Waals surface area contributed by atoms with Gasteiger partial charge in [-0.05, 0) is 35.4 Å². The maximum absolute atomic E-state index is 5.58. The van der Waals surface area contributed by atoms with E-state index in [0.29, 0.717) is 13.2 Å². The molecule has 0 amide bonds. The highest BCUT2D eigenvalue weighted by Gasteiger charge is 2.11. The quantitative estimate of drug-likeness (QED) is 0.928. The van der Waals surface area contributed by atoms with Crippen molar-refractivity contribution in [2.24, 2.45) is 0 Å². The molecular formula is C16H16BrNO2. The van der Waals surface area contributed by atoms with Gasteiger partial charge in [0.25, 0.3) is 0 Å². The predicted octanol–water partition coefficient (Wildman–Crippen LogP) is 3.51. The Morgan fingerprint density at radius 1 is 0.850 bits per heavy atom. The molecule has 0 spiro atoms. The molecule has 20 heavy (non-hydrogen) atoms. The van der Waals surface area contributed by atoms with Crippen LogP contribution in [0.5, 0.6) is 11.5 Å². The molecule has 1 heterocycles. The fourth-order valence-corrected chi connectivity index (χ4v) is 2.42. The fraction of sp³-hybridized carbons (Fsp3) is 0.250. The fourth-order valence-electron chi connectivity index (χ4n) is 2.15. The molecule has 0 aromatic heterocycles. The zero-order chi connectivity index (χ0) is 13.8. The topological polar surface area (TPSA) is 30.5 Å². The third-order valence-electron chi connectivity index (χ3n) is 3.18. The Labute approximate surface area is 127 Å². The Kier molecular flexibility index (Phi) is 4.23. The molecule has 1 aliphatic heterocycles. The highest BCUT2D eigenvalue weighted by molar-refractivity contribution is 9.10. The first-order chi connectivity index (χ1) is 9.81. The first kappa shape index (κ1) is 13.5. The van der Waals surface area contributed by atoms with E-state index in [-0.39, 0.29) is 0 Å². The average molecular weight is 334 g/mol. The van der Waals surface area contributed by atoms with Gasteiger partial charge in [-0.1, -0.05) is 34.1 Å². The van der Waals surface area contributed by atoms with E-state index in [2.05, 4.69) is 51.6 Å². The molecule has 2 aromatic rings. The molecule has 0 saturated carbocycles. The van der Waals surface area contributed by atoms with Gasteiger partial charge in [0, 0.05) is 17.6 Å². The summed E-state index contributed by atoms with van der Waals surface area (Å²) in [4.78, 5) is 0. The van der Waals surface area contributed by atoms with Gasteiger partial charge in [0.15, 0.2) is 11.5 Å². The molecule has 4 heteroatoms. The minimum absolute atomic E-state index is 0.628. The van der Waals surface area contributed by atoms with Crippen LogP contribution >= 0.6 is 15.9 Å². The van der Waals surface area contributed by atoms with Crippen LogP contribution in [-0.4, -0.2) is 13.2 Å². The summed E-state index contributed by atoms with van der Waals surface area (Å²) in [6.07, 6.45) is 0. The van der Waals surface area contributed by atoms with Crippen molar-refractivity contribution < 1.29 is 9.47 Å². The summed E-state index contributed by atoms with van der Waals surface area (Å²) in [7, 11) is 0. The van der Waals surface area contributed by atoms with E-state index >= 15 is 0 Å². The Hall–Kier alpha value is -1.52. The van der Waals surface area contributed by atoms with Crippen LogP contribution in [0, 0.1) is 0 Å². The molecule has 0 fully saturated rings. The van der Waals surface area contributed by atoms with E-state index < -0.39 is 0 Å². The first-order valence-electron chi connectivity index (χ1n) is 6.65. The van der Waals surface area contributed by atoms with Crippen molar-refractivity contribution in [1.29, 1.82) is 0 Å². The Morgan fingerprint density at radius 3 is 2.30 bits per heavy atom. The molecule has 104 valence electrons. The van der Waals surface area contributed by atoms with Crippen LogP contribution in [0.1, 0.15) is 11.1 Å². The van der Waals surface area contributed by atoms with E-state index in [1.165, 1.54) is 11.1 Å². The zero-order valence-electron chi connectivity index (χ0n) is 11.1. The van der Waals surface area contributed by atoms with Gasteiger partial charge in [-0.15, -0.1) is 0 Å². The smallest absolute Gasteiger partial charge is 0.161 e. The van der Waals surface area contributed by atoms with Crippen LogP contribution in [0.2, 0.25) is 0 Å². The molecule has 3 nitrogen and oxygen atoms in total. The van der Waals surface area contributed by atoms with Gasteiger partial charge in [0.05, 0.1) is 0 Å². The lowest BCUT2D eigenvalue weighted by Gasteiger charge is -2.19. The number of ether oxygens (including phenoxy) is 2. The van der Waals surface area contributed by atoms with Crippen molar-refractivity contribution in [1.82, 2.24) is 5.32 Å². The van der Waals surface area contributed by atoms with Crippen LogP contribution < -0.4 is 14.8 Å². The van der Waals surface area contributed by atoms with Gasteiger partial charge in [-0.2, -0.15) is 0 Å². The molecule has 0 aliphatic carbocycles. The second-order valence-electron chi connectivity index (χ2n) is 4.71. The lowest BCUT2D eigenvalue weighted by atomic mass is 10.2. The molecule has 0 unspecified atom stereocenters. The molecule has 0 atom stereocenters. The van der Waals surface area contributed by atoms with Crippen molar-refractivity contribution in [3.05, 3.63) is 58.1 Å². The van der Waals surface area contributed by atoms with Gasteiger partial charge in [0.1, 0.15) is 13.2 Å². The van der Waals surface area contributed by atoms with Crippen molar-refractivity contribution in [3.8, 4) is 11.5 Å². The van der Waals surface area contributed by atoms with Crippen LogP contribution in [0.25, 0.3) is 0 Å². The maximum Gasteiger partial charge on any atom is 0.161 e. The Balaban J connectivity index is 1.57. The zero-order valence-corrected chi connectivity index (χ0v) is 12.7. The average Bonchev–Trinajstić information content (AvgIpc) is 2.49. The summed E-state index contributed by atoms with van der Waals surface area (Å²) < 4.78 is 12.2. The lowest BCUT2D eigenvalue weighted by molar-refractivity contribution is 0.171. The molecule has 1 aliphatic rings. The summed E-state index contributed by atoms with van der Waals surface area (Å²) in [5.41, 5.74) is 2.47. The van der Waals surface area contributed by atoms with Crippen molar-refractivity contribution in [2.45, 2.75) is 13.1 Å². The van der Waals surface area contributed by atoms with E-state index in [1.807, 2.05) is 12.1 Å². The van der Waals surface area contributed by atoms with Gasteiger partial charge in [-0.3, -0.25) is 0 Å². The second-order valence-corrected chi connectivity index (χ2v) is 5.62. The molecule has 3 rings (SSSR count). The van der Waals surface area contributed by atoms with Gasteiger partial charge in [-0.25, -0.2) is 0 Å². The normalized spacial score (nSPS) is 13.2. The number of halogens is 1. The van der Waals surface area contributed by atoms with E-state index in [4.69, 9.17) is 9.47 Å². The molecular weight excluding hydrogens is 318 g/mol. The summed E-state index contributed by atoms with van der Waals surface area (Å²) >= 11 is 3.44. The van der Waals surface area contributed by atoms with Crippen LogP contribution in [-0.2, 0) is 13.1 Å². The number of hydrogen-bond acceptors (Lipinski definition) is 3. The van der Waals surface area contributed by atoms with Gasteiger partial charge in [0.2, 0.25) is 0 Å². The van der Waals surface area contributed by atoms with Gasteiger partial charge >= 0.3 is 0 Å². The van der Waals surface area contributed by atoms with E-state index in [0.717, 1.165) is 29.1 Å². The number of nitrogens with one attached hydrogen (secondary N) is 1. The third-order valence-corrected chi connectivity index (χ3v) is 3.71. The van der Waals surface area contributed by atoms with E-state index in [1.54, 1.807) is 0 Å². The number of benzene rings is 2. The maximum atomic E-state index is 5.58. The summed E-state index contributed by atoms with van der Waals surface area (Å²) in [6.45, 7) is 2.92. The van der Waals surface area contributed by atoms with Crippen LogP contribution in [0.15, 0.2) is 46.9 Å². The number of hydrogen-bond donors (Lipinski definition) is 1. The molecule has 0 saturated heterocycles. The number of fused-ring (bicyclic) bond motifs is 1. The van der Waals surface area contributed by atoms with Crippen molar-refractivity contribution in [2.75, 3.05) is 13.2 Å². The molecule has 0 radical (unpaired) electrons. The number of rotatable bonds is 4. The molecule has 1 N–H and O–H groups in total. The van der Waals surface area contributed by atoms with Gasteiger partial charge < -0.3 is 14.8 Å².